The number of likely N-dealkylation sites (tertiary alicyclic amines) is 1. The SMILES string of the molecule is COC(=O)[C@@H]1CCCN(C(=O)[C@@H](NC(=O)OC(C)(C)C)[C@@H](c2nc(Br)cs2)N2CC3(COC3)C2)N1. The van der Waals surface area contributed by atoms with Crippen LogP contribution in [0, 0.1) is 5.41 Å². The fourth-order valence-electron chi connectivity index (χ4n) is 4.63. The van der Waals surface area contributed by atoms with E-state index < -0.39 is 35.8 Å². The molecule has 4 heterocycles. The molecule has 3 saturated heterocycles. The minimum Gasteiger partial charge on any atom is -0.468 e. The molecule has 3 aliphatic heterocycles. The molecule has 35 heavy (non-hydrogen) atoms. The van der Waals surface area contributed by atoms with Crippen molar-refractivity contribution in [1.82, 2.24) is 25.6 Å². The Bertz CT molecular complexity index is 956. The zero-order valence-electron chi connectivity index (χ0n) is 20.3. The van der Waals surface area contributed by atoms with E-state index in [1.807, 2.05) is 5.38 Å². The summed E-state index contributed by atoms with van der Waals surface area (Å²) in [6, 6.07) is -2.14. The molecule has 1 aromatic rings. The van der Waals surface area contributed by atoms with E-state index in [4.69, 9.17) is 14.2 Å². The van der Waals surface area contributed by atoms with E-state index in [9.17, 15) is 14.4 Å². The van der Waals surface area contributed by atoms with Crippen molar-refractivity contribution in [2.45, 2.75) is 57.3 Å². The highest BCUT2D eigenvalue weighted by atomic mass is 79.9. The van der Waals surface area contributed by atoms with Gasteiger partial charge in [-0.1, -0.05) is 0 Å². The van der Waals surface area contributed by atoms with Crippen molar-refractivity contribution in [2.24, 2.45) is 5.41 Å². The highest BCUT2D eigenvalue weighted by Crippen LogP contribution is 2.44. The number of ether oxygens (including phenoxy) is 3. The summed E-state index contributed by atoms with van der Waals surface area (Å²) in [4.78, 5) is 45.7. The van der Waals surface area contributed by atoms with Crippen LogP contribution in [-0.4, -0.2) is 90.5 Å². The second kappa shape index (κ2) is 10.3. The second-order valence-electron chi connectivity index (χ2n) is 10.3. The summed E-state index contributed by atoms with van der Waals surface area (Å²) in [6.07, 6.45) is 0.480. The molecule has 1 spiro atoms. The zero-order chi connectivity index (χ0) is 25.4. The molecular formula is C22H32BrN5O6S. The van der Waals surface area contributed by atoms with Crippen molar-refractivity contribution in [1.29, 1.82) is 0 Å². The molecule has 3 aliphatic rings. The molecule has 3 fully saturated rings. The van der Waals surface area contributed by atoms with Gasteiger partial charge in [-0.15, -0.1) is 11.3 Å². The van der Waals surface area contributed by atoms with Crippen LogP contribution in [0.15, 0.2) is 9.98 Å². The first-order chi connectivity index (χ1) is 16.5. The zero-order valence-corrected chi connectivity index (χ0v) is 22.7. The number of methoxy groups -OCH3 is 1. The van der Waals surface area contributed by atoms with E-state index in [-0.39, 0.29) is 11.3 Å². The first-order valence-corrected chi connectivity index (χ1v) is 13.3. The van der Waals surface area contributed by atoms with Gasteiger partial charge in [-0.05, 0) is 49.5 Å². The lowest BCUT2D eigenvalue weighted by Crippen LogP contribution is -2.70. The third-order valence-corrected chi connectivity index (χ3v) is 7.85. The molecule has 2 N–H and O–H groups in total. The van der Waals surface area contributed by atoms with Crippen molar-refractivity contribution < 1.29 is 28.6 Å². The van der Waals surface area contributed by atoms with Gasteiger partial charge in [-0.3, -0.25) is 19.5 Å². The smallest absolute Gasteiger partial charge is 0.408 e. The van der Waals surface area contributed by atoms with E-state index >= 15 is 0 Å². The minimum absolute atomic E-state index is 0.0889. The van der Waals surface area contributed by atoms with Gasteiger partial charge in [0, 0.05) is 30.4 Å². The number of rotatable bonds is 6. The van der Waals surface area contributed by atoms with E-state index in [0.717, 1.165) is 13.1 Å². The molecule has 2 amide bonds. The van der Waals surface area contributed by atoms with E-state index in [1.54, 1.807) is 20.8 Å². The maximum absolute atomic E-state index is 13.9. The summed E-state index contributed by atoms with van der Waals surface area (Å²) in [5.74, 6) is -0.805. The summed E-state index contributed by atoms with van der Waals surface area (Å²) in [5.41, 5.74) is 2.34. The van der Waals surface area contributed by atoms with E-state index in [1.165, 1.54) is 23.5 Å². The van der Waals surface area contributed by atoms with Gasteiger partial charge in [0.25, 0.3) is 5.91 Å². The number of hydrogen-bond acceptors (Lipinski definition) is 10. The highest BCUT2D eigenvalue weighted by Gasteiger charge is 2.54. The fourth-order valence-corrected chi connectivity index (χ4v) is 6.07. The van der Waals surface area contributed by atoms with Crippen LogP contribution in [0.4, 0.5) is 4.79 Å². The Kier molecular flexibility index (Phi) is 7.72. The molecule has 4 rings (SSSR count). The van der Waals surface area contributed by atoms with Crippen LogP contribution >= 0.6 is 27.3 Å². The van der Waals surface area contributed by atoms with Gasteiger partial charge in [0.05, 0.1) is 26.4 Å². The van der Waals surface area contributed by atoms with Crippen molar-refractivity contribution >= 4 is 45.2 Å². The molecule has 0 aromatic carbocycles. The van der Waals surface area contributed by atoms with Gasteiger partial charge in [0.1, 0.15) is 27.3 Å². The Morgan fingerprint density at radius 1 is 1.34 bits per heavy atom. The number of thiazole rings is 1. The molecule has 194 valence electrons. The monoisotopic (exact) mass is 573 g/mol. The fraction of sp³-hybridized carbons (Fsp3) is 0.727. The van der Waals surface area contributed by atoms with Crippen LogP contribution in [0.3, 0.4) is 0 Å². The van der Waals surface area contributed by atoms with Crippen LogP contribution < -0.4 is 10.7 Å². The number of hydrazine groups is 1. The lowest BCUT2D eigenvalue weighted by Gasteiger charge is -2.57. The van der Waals surface area contributed by atoms with Gasteiger partial charge < -0.3 is 19.5 Å². The van der Waals surface area contributed by atoms with Crippen molar-refractivity contribution in [2.75, 3.05) is 40.0 Å². The number of nitrogens with zero attached hydrogens (tertiary/aromatic N) is 3. The maximum atomic E-state index is 13.9. The third-order valence-electron chi connectivity index (χ3n) is 6.23. The summed E-state index contributed by atoms with van der Waals surface area (Å²) >= 11 is 4.83. The summed E-state index contributed by atoms with van der Waals surface area (Å²) < 4.78 is 16.4. The molecule has 0 bridgehead atoms. The van der Waals surface area contributed by atoms with Crippen LogP contribution in [0.5, 0.6) is 0 Å². The van der Waals surface area contributed by atoms with Crippen molar-refractivity contribution in [3.63, 3.8) is 0 Å². The largest absolute Gasteiger partial charge is 0.468 e. The minimum atomic E-state index is -0.995. The van der Waals surface area contributed by atoms with Crippen LogP contribution in [0.2, 0.25) is 0 Å². The number of hydrogen-bond donors (Lipinski definition) is 2. The van der Waals surface area contributed by atoms with E-state index in [0.29, 0.717) is 42.2 Å². The Hall–Kier alpha value is -1.80. The predicted molar refractivity (Wildman–Crippen MR) is 130 cm³/mol. The van der Waals surface area contributed by atoms with Crippen LogP contribution in [0.1, 0.15) is 44.7 Å². The molecule has 0 radical (unpaired) electrons. The van der Waals surface area contributed by atoms with Gasteiger partial charge in [-0.2, -0.15) is 0 Å². The van der Waals surface area contributed by atoms with Gasteiger partial charge in [0.15, 0.2) is 0 Å². The molecule has 0 aliphatic carbocycles. The molecule has 0 saturated carbocycles. The Morgan fingerprint density at radius 2 is 2.06 bits per heavy atom. The molecular weight excluding hydrogens is 542 g/mol. The number of carbonyl (C=O) groups excluding carboxylic acids is 3. The predicted octanol–water partition coefficient (Wildman–Crippen LogP) is 1.84. The summed E-state index contributed by atoms with van der Waals surface area (Å²) in [5, 5.41) is 6.78. The number of amides is 2. The molecule has 0 unspecified atom stereocenters. The number of aromatic nitrogens is 1. The lowest BCUT2D eigenvalue weighted by atomic mass is 9.76. The average molecular weight is 574 g/mol. The number of halogens is 1. The quantitative estimate of drug-likeness (QED) is 0.490. The highest BCUT2D eigenvalue weighted by molar-refractivity contribution is 9.10. The third kappa shape index (κ3) is 5.96. The van der Waals surface area contributed by atoms with Crippen LogP contribution in [0.25, 0.3) is 0 Å². The van der Waals surface area contributed by atoms with E-state index in [2.05, 4.69) is 36.6 Å². The first kappa shape index (κ1) is 26.3. The maximum Gasteiger partial charge on any atom is 0.408 e. The van der Waals surface area contributed by atoms with Crippen LogP contribution in [-0.2, 0) is 23.8 Å². The second-order valence-corrected chi connectivity index (χ2v) is 12.0. The van der Waals surface area contributed by atoms with Gasteiger partial charge in [-0.25, -0.2) is 15.2 Å². The topological polar surface area (TPSA) is 122 Å². The molecule has 13 heteroatoms. The number of esters is 1. The summed E-state index contributed by atoms with van der Waals surface area (Å²) in [7, 11) is 1.32. The lowest BCUT2D eigenvalue weighted by molar-refractivity contribution is -0.202. The van der Waals surface area contributed by atoms with Crippen molar-refractivity contribution in [3.05, 3.63) is 15.0 Å². The Labute approximate surface area is 216 Å². The number of nitrogens with one attached hydrogen (secondary N) is 2. The summed E-state index contributed by atoms with van der Waals surface area (Å²) in [6.45, 7) is 8.52. The normalized spacial score (nSPS) is 23.6. The standard InChI is InChI=1S/C22H32BrN5O6S/c1-21(2,3)34-20(31)25-15(18(29)28-7-5-6-13(26-28)19(30)32-4)16(17-24-14(23)8-35-17)27-9-22(10-27)11-33-12-22/h8,13,15-16,26H,5-7,9-12H2,1-4H3,(H,25,31)/t13-,15-,16-/m0/s1. The van der Waals surface area contributed by atoms with Gasteiger partial charge in [0.2, 0.25) is 0 Å². The molecule has 1 aromatic heterocycles. The van der Waals surface area contributed by atoms with Gasteiger partial charge >= 0.3 is 12.1 Å². The number of alkyl carbamates (subject to hydrolysis) is 1. The first-order valence-electron chi connectivity index (χ1n) is 11.6. The Morgan fingerprint density at radius 3 is 2.60 bits per heavy atom. The Balaban J connectivity index is 1.62. The van der Waals surface area contributed by atoms with Crippen molar-refractivity contribution in [3.8, 4) is 0 Å². The molecule has 11 nitrogen and oxygen atoms in total. The molecule has 3 atom stereocenters. The average Bonchev–Trinajstić information content (AvgIpc) is 3.16. The number of carbonyl (C=O) groups is 3.